The molecule has 8 nitrogen and oxygen atoms in total. The van der Waals surface area contributed by atoms with Crippen LogP contribution in [0.3, 0.4) is 0 Å². The van der Waals surface area contributed by atoms with E-state index < -0.39 is 18.2 Å². The van der Waals surface area contributed by atoms with E-state index in [1.54, 1.807) is 29.2 Å². The summed E-state index contributed by atoms with van der Waals surface area (Å²) in [4.78, 5) is 55.1. The third kappa shape index (κ3) is 5.53. The minimum Gasteiger partial charge on any atom is -0.445 e. The van der Waals surface area contributed by atoms with Crippen LogP contribution in [0.25, 0.3) is 0 Å². The summed E-state index contributed by atoms with van der Waals surface area (Å²) in [5.41, 5.74) is 1.36. The van der Waals surface area contributed by atoms with E-state index >= 15 is 0 Å². The van der Waals surface area contributed by atoms with Crippen LogP contribution in [-0.4, -0.2) is 64.7 Å². The van der Waals surface area contributed by atoms with Crippen molar-refractivity contribution in [3.8, 4) is 0 Å². The van der Waals surface area contributed by atoms with Gasteiger partial charge in [0.2, 0.25) is 5.91 Å². The zero-order chi connectivity index (χ0) is 24.9. The van der Waals surface area contributed by atoms with Crippen molar-refractivity contribution < 1.29 is 23.9 Å². The normalized spacial score (nSPS) is 20.0. The molecule has 8 heteroatoms. The molecular formula is C27H31N3O5. The monoisotopic (exact) mass is 477 g/mol. The molecule has 2 aliphatic heterocycles. The maximum absolute atomic E-state index is 13.5. The summed E-state index contributed by atoms with van der Waals surface area (Å²) in [6, 6.07) is 16.3. The molecule has 2 aliphatic rings. The van der Waals surface area contributed by atoms with Gasteiger partial charge in [-0.2, -0.15) is 0 Å². The summed E-state index contributed by atoms with van der Waals surface area (Å²) in [5, 5.41) is 2.71. The van der Waals surface area contributed by atoms with Crippen molar-refractivity contribution in [1.82, 2.24) is 15.1 Å². The van der Waals surface area contributed by atoms with Gasteiger partial charge in [0.15, 0.2) is 5.78 Å². The number of nitrogens with zero attached hydrogens (tertiary/aromatic N) is 2. The molecule has 2 heterocycles. The van der Waals surface area contributed by atoms with Gasteiger partial charge in [0.05, 0.1) is 12.6 Å². The van der Waals surface area contributed by atoms with Gasteiger partial charge in [-0.15, -0.1) is 0 Å². The molecule has 2 aromatic carbocycles. The number of Topliss-reactive ketones (excluding diaryl/α,β-unsaturated/α-hetero) is 1. The predicted molar refractivity (Wildman–Crippen MR) is 129 cm³/mol. The number of carbonyl (C=O) groups excluding carboxylic acids is 4. The Morgan fingerprint density at radius 1 is 1.00 bits per heavy atom. The topological polar surface area (TPSA) is 96.0 Å². The first kappa shape index (κ1) is 24.4. The molecule has 0 aliphatic carbocycles. The van der Waals surface area contributed by atoms with Gasteiger partial charge in [0, 0.05) is 12.1 Å². The number of ketones is 1. The third-order valence-corrected chi connectivity index (χ3v) is 6.50. The number of carbonyl (C=O) groups is 4. The lowest BCUT2D eigenvalue weighted by Gasteiger charge is -2.29. The average Bonchev–Trinajstić information content (AvgIpc) is 3.44. The van der Waals surface area contributed by atoms with E-state index in [2.05, 4.69) is 5.32 Å². The SMILES string of the molecule is CC(C)C[C@H](NC(=O)OCc1ccccc1)C(=O)N1CCC2[C@H]1C(=O)CN2C(=O)c1ccccc1. The molecule has 0 radical (unpaired) electrons. The number of likely N-dealkylation sites (tertiary alicyclic amines) is 2. The van der Waals surface area contributed by atoms with Crippen molar-refractivity contribution in [3.05, 3.63) is 71.8 Å². The number of fused-ring (bicyclic) bond motifs is 1. The molecule has 2 fully saturated rings. The Kier molecular flexibility index (Phi) is 7.48. The van der Waals surface area contributed by atoms with Gasteiger partial charge in [0.1, 0.15) is 18.7 Å². The Morgan fingerprint density at radius 3 is 2.31 bits per heavy atom. The molecular weight excluding hydrogens is 446 g/mol. The van der Waals surface area contributed by atoms with Crippen LogP contribution in [-0.2, 0) is 20.9 Å². The van der Waals surface area contributed by atoms with Crippen LogP contribution in [0, 0.1) is 5.92 Å². The Labute approximate surface area is 205 Å². The van der Waals surface area contributed by atoms with Crippen molar-refractivity contribution >= 4 is 23.7 Å². The second-order valence-corrected chi connectivity index (χ2v) is 9.49. The van der Waals surface area contributed by atoms with Crippen LogP contribution in [0.4, 0.5) is 4.79 Å². The fraction of sp³-hybridized carbons (Fsp3) is 0.407. The van der Waals surface area contributed by atoms with Gasteiger partial charge < -0.3 is 19.9 Å². The Balaban J connectivity index is 1.43. The molecule has 4 rings (SSSR count). The summed E-state index contributed by atoms with van der Waals surface area (Å²) < 4.78 is 5.32. The summed E-state index contributed by atoms with van der Waals surface area (Å²) in [7, 11) is 0. The van der Waals surface area contributed by atoms with Gasteiger partial charge in [-0.1, -0.05) is 62.4 Å². The van der Waals surface area contributed by atoms with E-state index in [9.17, 15) is 19.2 Å². The fourth-order valence-electron chi connectivity index (χ4n) is 4.89. The van der Waals surface area contributed by atoms with Crippen molar-refractivity contribution in [3.63, 3.8) is 0 Å². The highest BCUT2D eigenvalue weighted by molar-refractivity contribution is 6.02. The van der Waals surface area contributed by atoms with Crippen LogP contribution in [0.15, 0.2) is 60.7 Å². The summed E-state index contributed by atoms with van der Waals surface area (Å²) in [5.74, 6) is -0.542. The molecule has 2 aromatic rings. The van der Waals surface area contributed by atoms with E-state index in [4.69, 9.17) is 4.74 Å². The van der Waals surface area contributed by atoms with Gasteiger partial charge >= 0.3 is 6.09 Å². The standard InChI is InChI=1S/C27H31N3O5/c1-18(2)15-21(28-27(34)35-17-19-9-5-3-6-10-19)26(33)29-14-13-22-24(29)23(31)16-30(22)25(32)20-11-7-4-8-12-20/h3-12,18,21-22,24H,13-17H2,1-2H3,(H,28,34)/t21-,22?,24-/m0/s1. The first-order valence-corrected chi connectivity index (χ1v) is 12.0. The quantitative estimate of drug-likeness (QED) is 0.661. The number of rotatable bonds is 7. The predicted octanol–water partition coefficient (Wildman–Crippen LogP) is 3.02. The van der Waals surface area contributed by atoms with Gasteiger partial charge in [-0.3, -0.25) is 14.4 Å². The van der Waals surface area contributed by atoms with E-state index in [1.165, 1.54) is 4.90 Å². The highest BCUT2D eigenvalue weighted by Crippen LogP contribution is 2.31. The van der Waals surface area contributed by atoms with Gasteiger partial charge in [-0.05, 0) is 36.5 Å². The Bertz CT molecular complexity index is 1070. The molecule has 35 heavy (non-hydrogen) atoms. The third-order valence-electron chi connectivity index (χ3n) is 6.50. The molecule has 1 N–H and O–H groups in total. The summed E-state index contributed by atoms with van der Waals surface area (Å²) in [6.07, 6.45) is 0.254. The first-order valence-electron chi connectivity index (χ1n) is 12.0. The van der Waals surface area contributed by atoms with Crippen LogP contribution in [0.1, 0.15) is 42.6 Å². The van der Waals surface area contributed by atoms with Crippen LogP contribution in [0.5, 0.6) is 0 Å². The van der Waals surface area contributed by atoms with E-state index in [-0.39, 0.29) is 42.7 Å². The van der Waals surface area contributed by atoms with Gasteiger partial charge in [0.25, 0.3) is 5.91 Å². The smallest absolute Gasteiger partial charge is 0.408 e. The number of hydrogen-bond acceptors (Lipinski definition) is 5. The lowest BCUT2D eigenvalue weighted by molar-refractivity contribution is -0.138. The minimum absolute atomic E-state index is 0.0196. The molecule has 0 saturated carbocycles. The first-order chi connectivity index (χ1) is 16.8. The fourth-order valence-corrected chi connectivity index (χ4v) is 4.89. The Morgan fingerprint density at radius 2 is 1.66 bits per heavy atom. The van der Waals surface area contributed by atoms with Crippen molar-refractivity contribution in [2.75, 3.05) is 13.1 Å². The van der Waals surface area contributed by atoms with Crippen LogP contribution >= 0.6 is 0 Å². The van der Waals surface area contributed by atoms with Gasteiger partial charge in [-0.25, -0.2) is 4.79 Å². The average molecular weight is 478 g/mol. The minimum atomic E-state index is -0.816. The molecule has 0 bridgehead atoms. The molecule has 3 amide bonds. The molecule has 3 atom stereocenters. The second kappa shape index (κ2) is 10.7. The van der Waals surface area contributed by atoms with Crippen LogP contribution in [0.2, 0.25) is 0 Å². The number of nitrogens with one attached hydrogen (secondary N) is 1. The zero-order valence-corrected chi connectivity index (χ0v) is 20.1. The summed E-state index contributed by atoms with van der Waals surface area (Å²) >= 11 is 0. The van der Waals surface area contributed by atoms with E-state index in [0.717, 1.165) is 5.56 Å². The molecule has 0 aromatic heterocycles. The van der Waals surface area contributed by atoms with E-state index in [1.807, 2.05) is 50.2 Å². The number of amides is 3. The summed E-state index contributed by atoms with van der Waals surface area (Å²) in [6.45, 7) is 4.36. The maximum Gasteiger partial charge on any atom is 0.408 e. The van der Waals surface area contributed by atoms with E-state index in [0.29, 0.717) is 24.9 Å². The second-order valence-electron chi connectivity index (χ2n) is 9.49. The Hall–Kier alpha value is -3.68. The number of benzene rings is 2. The molecule has 1 unspecified atom stereocenters. The molecule has 184 valence electrons. The number of hydrogen-bond donors (Lipinski definition) is 1. The lowest BCUT2D eigenvalue weighted by Crippen LogP contribution is -2.53. The largest absolute Gasteiger partial charge is 0.445 e. The molecule has 2 saturated heterocycles. The zero-order valence-electron chi connectivity index (χ0n) is 20.1. The van der Waals surface area contributed by atoms with Crippen LogP contribution < -0.4 is 5.32 Å². The van der Waals surface area contributed by atoms with Crippen molar-refractivity contribution in [2.45, 2.75) is 51.4 Å². The van der Waals surface area contributed by atoms with Crippen molar-refractivity contribution in [2.24, 2.45) is 5.92 Å². The maximum atomic E-state index is 13.5. The van der Waals surface area contributed by atoms with Crippen molar-refractivity contribution in [1.29, 1.82) is 0 Å². The lowest BCUT2D eigenvalue weighted by atomic mass is 10.0. The number of ether oxygens (including phenoxy) is 1. The highest BCUT2D eigenvalue weighted by Gasteiger charge is 2.52. The molecule has 0 spiro atoms. The number of alkyl carbamates (subject to hydrolysis) is 1. The highest BCUT2D eigenvalue weighted by atomic mass is 16.5.